The summed E-state index contributed by atoms with van der Waals surface area (Å²) in [6.45, 7) is 6.35. The van der Waals surface area contributed by atoms with Crippen molar-refractivity contribution in [2.75, 3.05) is 0 Å². The van der Waals surface area contributed by atoms with Crippen LogP contribution in [0.3, 0.4) is 0 Å². The number of halogens is 2. The van der Waals surface area contributed by atoms with Crippen LogP contribution in [0.1, 0.15) is 26.5 Å². The van der Waals surface area contributed by atoms with Crippen LogP contribution in [-0.2, 0) is 5.41 Å². The molecule has 0 atom stereocenters. The van der Waals surface area contributed by atoms with Gasteiger partial charge in [-0.1, -0.05) is 32.4 Å². The highest BCUT2D eigenvalue weighted by molar-refractivity contribution is 6.30. The van der Waals surface area contributed by atoms with Gasteiger partial charge in [0.25, 0.3) is 0 Å². The Hall–Kier alpha value is -0.270. The van der Waals surface area contributed by atoms with E-state index in [1.165, 1.54) is 0 Å². The normalized spacial score (nSPS) is 10.7. The Kier molecular flexibility index (Phi) is 4.01. The highest BCUT2D eigenvalue weighted by Gasteiger charge is 2.14. The molecule has 1 heterocycles. The molecule has 0 amide bonds. The van der Waals surface area contributed by atoms with Crippen molar-refractivity contribution in [3.63, 3.8) is 0 Å². The van der Waals surface area contributed by atoms with Crippen LogP contribution < -0.4 is 0 Å². The van der Waals surface area contributed by atoms with Gasteiger partial charge in [0.1, 0.15) is 0 Å². The van der Waals surface area contributed by atoms with Gasteiger partial charge in [0.15, 0.2) is 0 Å². The zero-order valence-corrected chi connectivity index (χ0v) is 9.04. The number of hydrogen-bond acceptors (Lipinski definition) is 1. The predicted octanol–water partition coefficient (Wildman–Crippen LogP) is 3.45. The molecule has 0 saturated carbocycles. The summed E-state index contributed by atoms with van der Waals surface area (Å²) >= 11 is 5.81. The molecule has 1 nitrogen and oxygen atoms in total. The minimum atomic E-state index is 0. The molecule has 12 heavy (non-hydrogen) atoms. The first-order chi connectivity index (χ1) is 5.00. The molecule has 0 spiro atoms. The summed E-state index contributed by atoms with van der Waals surface area (Å²) in [7, 11) is 0. The number of pyridine rings is 1. The highest BCUT2D eigenvalue weighted by Crippen LogP contribution is 2.21. The molecule has 0 saturated heterocycles. The maximum Gasteiger partial charge on any atom is 0.0471 e. The van der Waals surface area contributed by atoms with E-state index in [9.17, 15) is 0 Å². The summed E-state index contributed by atoms with van der Waals surface area (Å²) < 4.78 is 0. The highest BCUT2D eigenvalue weighted by atomic mass is 35.5. The Bertz CT molecular complexity index is 253. The molecule has 0 aliphatic heterocycles. The van der Waals surface area contributed by atoms with Crippen LogP contribution in [-0.4, -0.2) is 4.98 Å². The van der Waals surface area contributed by atoms with Gasteiger partial charge in [-0.15, -0.1) is 12.4 Å². The molecule has 1 aromatic heterocycles. The summed E-state index contributed by atoms with van der Waals surface area (Å²) in [5.41, 5.74) is 1.12. The maximum atomic E-state index is 5.81. The maximum absolute atomic E-state index is 5.81. The Balaban J connectivity index is 0.00000121. The Morgan fingerprint density at radius 3 is 2.25 bits per heavy atom. The van der Waals surface area contributed by atoms with Crippen molar-refractivity contribution in [3.05, 3.63) is 29.0 Å². The Morgan fingerprint density at radius 2 is 1.92 bits per heavy atom. The standard InChI is InChI=1S/C9H12ClN.ClH/c1-9(2,3)8-6-7(10)4-5-11-8;/h4-6H,1-3H3;1H. The van der Waals surface area contributed by atoms with Crippen molar-refractivity contribution in [3.8, 4) is 0 Å². The van der Waals surface area contributed by atoms with Gasteiger partial charge in [-0.25, -0.2) is 0 Å². The summed E-state index contributed by atoms with van der Waals surface area (Å²) in [6.07, 6.45) is 1.74. The van der Waals surface area contributed by atoms with E-state index in [0.29, 0.717) is 0 Å². The van der Waals surface area contributed by atoms with Crippen molar-refractivity contribution < 1.29 is 0 Å². The second kappa shape index (κ2) is 4.11. The molecule has 1 aromatic rings. The van der Waals surface area contributed by atoms with Crippen LogP contribution in [0.15, 0.2) is 18.3 Å². The monoisotopic (exact) mass is 205 g/mol. The van der Waals surface area contributed by atoms with Crippen molar-refractivity contribution in [2.45, 2.75) is 26.2 Å². The third kappa shape index (κ3) is 3.00. The molecule has 0 fully saturated rings. The fourth-order valence-corrected chi connectivity index (χ4v) is 0.975. The predicted molar refractivity (Wildman–Crippen MR) is 55.2 cm³/mol. The lowest BCUT2D eigenvalue weighted by Crippen LogP contribution is -2.12. The van der Waals surface area contributed by atoms with Crippen LogP contribution in [0.25, 0.3) is 0 Å². The lowest BCUT2D eigenvalue weighted by atomic mass is 9.92. The molecule has 1 rings (SSSR count). The average Bonchev–Trinajstić information content (AvgIpc) is 1.86. The molecule has 3 heteroatoms. The van der Waals surface area contributed by atoms with Crippen molar-refractivity contribution >= 4 is 24.0 Å². The van der Waals surface area contributed by atoms with Crippen molar-refractivity contribution in [1.29, 1.82) is 0 Å². The lowest BCUT2D eigenvalue weighted by Gasteiger charge is -2.16. The lowest BCUT2D eigenvalue weighted by molar-refractivity contribution is 0.569. The molecular formula is C9H13Cl2N. The summed E-state index contributed by atoms with van der Waals surface area (Å²) in [6, 6.07) is 3.69. The first kappa shape index (κ1) is 11.7. The van der Waals surface area contributed by atoms with Crippen LogP contribution in [0.2, 0.25) is 5.02 Å². The van der Waals surface area contributed by atoms with E-state index >= 15 is 0 Å². The van der Waals surface area contributed by atoms with Gasteiger partial charge in [-0.05, 0) is 12.1 Å². The third-order valence-corrected chi connectivity index (χ3v) is 1.73. The van der Waals surface area contributed by atoms with Crippen molar-refractivity contribution in [1.82, 2.24) is 4.98 Å². The van der Waals surface area contributed by atoms with Gasteiger partial charge < -0.3 is 0 Å². The van der Waals surface area contributed by atoms with E-state index < -0.39 is 0 Å². The topological polar surface area (TPSA) is 12.9 Å². The second-order valence-electron chi connectivity index (χ2n) is 3.61. The van der Waals surface area contributed by atoms with E-state index in [-0.39, 0.29) is 17.8 Å². The fraction of sp³-hybridized carbons (Fsp3) is 0.444. The van der Waals surface area contributed by atoms with E-state index in [1.54, 1.807) is 12.3 Å². The first-order valence-corrected chi connectivity index (χ1v) is 4.00. The molecule has 0 radical (unpaired) electrons. The van der Waals surface area contributed by atoms with Gasteiger partial charge in [0.05, 0.1) is 0 Å². The van der Waals surface area contributed by atoms with Crippen LogP contribution >= 0.6 is 24.0 Å². The minimum absolute atomic E-state index is 0. The van der Waals surface area contributed by atoms with E-state index in [0.717, 1.165) is 10.7 Å². The van der Waals surface area contributed by atoms with E-state index in [4.69, 9.17) is 11.6 Å². The van der Waals surface area contributed by atoms with Gasteiger partial charge in [-0.3, -0.25) is 4.98 Å². The van der Waals surface area contributed by atoms with Crippen LogP contribution in [0, 0.1) is 0 Å². The minimum Gasteiger partial charge on any atom is -0.261 e. The SMILES string of the molecule is CC(C)(C)c1cc(Cl)ccn1.Cl. The van der Waals surface area contributed by atoms with Crippen molar-refractivity contribution in [2.24, 2.45) is 0 Å². The zero-order valence-electron chi connectivity index (χ0n) is 7.47. The summed E-state index contributed by atoms with van der Waals surface area (Å²) in [5.74, 6) is 0. The number of nitrogens with zero attached hydrogens (tertiary/aromatic N) is 1. The Morgan fingerprint density at radius 1 is 1.33 bits per heavy atom. The third-order valence-electron chi connectivity index (χ3n) is 1.49. The molecule has 68 valence electrons. The molecule has 0 aliphatic carbocycles. The molecule has 0 aromatic carbocycles. The number of aromatic nitrogens is 1. The molecule has 0 N–H and O–H groups in total. The Labute approximate surface area is 84.6 Å². The van der Waals surface area contributed by atoms with Gasteiger partial charge in [0.2, 0.25) is 0 Å². The number of hydrogen-bond donors (Lipinski definition) is 0. The molecule has 0 unspecified atom stereocenters. The average molecular weight is 206 g/mol. The molecule has 0 bridgehead atoms. The zero-order chi connectivity index (χ0) is 8.48. The van der Waals surface area contributed by atoms with Crippen LogP contribution in [0.4, 0.5) is 0 Å². The van der Waals surface area contributed by atoms with Gasteiger partial charge in [0, 0.05) is 22.3 Å². The fourth-order valence-electron chi connectivity index (χ4n) is 0.815. The quantitative estimate of drug-likeness (QED) is 0.633. The summed E-state index contributed by atoms with van der Waals surface area (Å²) in [4.78, 5) is 4.23. The summed E-state index contributed by atoms with van der Waals surface area (Å²) in [5, 5.41) is 0.755. The number of rotatable bonds is 0. The largest absolute Gasteiger partial charge is 0.261 e. The van der Waals surface area contributed by atoms with Crippen LogP contribution in [0.5, 0.6) is 0 Å². The van der Waals surface area contributed by atoms with E-state index in [1.807, 2.05) is 6.07 Å². The molecular weight excluding hydrogens is 193 g/mol. The molecule has 0 aliphatic rings. The van der Waals surface area contributed by atoms with E-state index in [2.05, 4.69) is 25.8 Å². The smallest absolute Gasteiger partial charge is 0.0471 e. The van der Waals surface area contributed by atoms with Gasteiger partial charge >= 0.3 is 0 Å². The van der Waals surface area contributed by atoms with Gasteiger partial charge in [-0.2, -0.15) is 0 Å². The first-order valence-electron chi connectivity index (χ1n) is 3.62. The second-order valence-corrected chi connectivity index (χ2v) is 4.05.